The van der Waals surface area contributed by atoms with Crippen molar-refractivity contribution in [3.8, 4) is 0 Å². The number of carbonyl (C=O) groups is 1. The Bertz CT molecular complexity index is 433. The predicted octanol–water partition coefficient (Wildman–Crippen LogP) is 1.51. The summed E-state index contributed by atoms with van der Waals surface area (Å²) in [5, 5.41) is 21.3. The van der Waals surface area contributed by atoms with Gasteiger partial charge in [-0.05, 0) is 18.6 Å². The molecule has 7 nitrogen and oxygen atoms in total. The van der Waals surface area contributed by atoms with Crippen molar-refractivity contribution in [3.63, 3.8) is 0 Å². The van der Waals surface area contributed by atoms with Gasteiger partial charge in [-0.1, -0.05) is 6.07 Å². The molecule has 0 heterocycles. The molecule has 7 heteroatoms. The largest absolute Gasteiger partial charge is 0.465 e. The first-order valence-electron chi connectivity index (χ1n) is 4.45. The Morgan fingerprint density at radius 3 is 2.75 bits per heavy atom. The summed E-state index contributed by atoms with van der Waals surface area (Å²) in [5.41, 5.74) is 5.73. The molecule has 0 fully saturated rings. The molecule has 0 aliphatic rings. The molecule has 0 aromatic heterocycles. The Kier molecular flexibility index (Phi) is 3.29. The van der Waals surface area contributed by atoms with Crippen molar-refractivity contribution < 1.29 is 14.8 Å². The van der Waals surface area contributed by atoms with E-state index in [1.165, 1.54) is 12.1 Å². The van der Waals surface area contributed by atoms with Crippen molar-refractivity contribution in [1.82, 2.24) is 5.32 Å². The van der Waals surface area contributed by atoms with Crippen LogP contribution in [-0.2, 0) is 0 Å². The molecule has 0 spiro atoms. The van der Waals surface area contributed by atoms with Crippen LogP contribution in [-0.4, -0.2) is 16.1 Å². The van der Waals surface area contributed by atoms with Gasteiger partial charge in [0.25, 0.3) is 5.69 Å². The van der Waals surface area contributed by atoms with Gasteiger partial charge in [-0.25, -0.2) is 4.79 Å². The number of nitro benzene ring substituents is 1. The molecule has 0 bridgehead atoms. The Balaban J connectivity index is 3.02. The Hall–Kier alpha value is -2.31. The molecule has 0 saturated heterocycles. The Morgan fingerprint density at radius 1 is 1.62 bits per heavy atom. The average Bonchev–Trinajstić information content (AvgIpc) is 2.16. The highest BCUT2D eigenvalue weighted by molar-refractivity contribution is 5.66. The van der Waals surface area contributed by atoms with E-state index in [0.29, 0.717) is 5.56 Å². The molecule has 1 amide bonds. The van der Waals surface area contributed by atoms with Crippen LogP contribution in [0.2, 0.25) is 0 Å². The monoisotopic (exact) mass is 225 g/mol. The minimum absolute atomic E-state index is 0.0521. The smallest absolute Gasteiger partial charge is 0.405 e. The minimum atomic E-state index is -1.19. The number of benzene rings is 1. The first kappa shape index (κ1) is 11.8. The van der Waals surface area contributed by atoms with Crippen molar-refractivity contribution in [1.29, 1.82) is 0 Å². The fourth-order valence-corrected chi connectivity index (χ4v) is 1.26. The molecule has 1 atom stereocenters. The zero-order valence-electron chi connectivity index (χ0n) is 8.51. The van der Waals surface area contributed by atoms with Gasteiger partial charge in [-0.2, -0.15) is 0 Å². The number of rotatable bonds is 3. The highest BCUT2D eigenvalue weighted by atomic mass is 16.6. The number of nitrogen functional groups attached to an aromatic ring is 1. The summed E-state index contributed by atoms with van der Waals surface area (Å²) < 4.78 is 0. The molecule has 1 aromatic carbocycles. The summed E-state index contributed by atoms with van der Waals surface area (Å²) in [6.45, 7) is 1.59. The molecule has 1 unspecified atom stereocenters. The van der Waals surface area contributed by atoms with Gasteiger partial charge in [0.15, 0.2) is 0 Å². The van der Waals surface area contributed by atoms with Crippen molar-refractivity contribution in [2.45, 2.75) is 13.0 Å². The van der Waals surface area contributed by atoms with Crippen LogP contribution >= 0.6 is 0 Å². The lowest BCUT2D eigenvalue weighted by Crippen LogP contribution is -2.24. The standard InChI is InChI=1S/C9H11N3O4/c1-5(11-9(13)14)6-2-3-7(10)8(4-6)12(15)16/h2-5,11H,10H2,1H3,(H,13,14). The summed E-state index contributed by atoms with van der Waals surface area (Å²) in [6, 6.07) is 3.66. The van der Waals surface area contributed by atoms with Crippen LogP contribution in [0.25, 0.3) is 0 Å². The average molecular weight is 225 g/mol. The van der Waals surface area contributed by atoms with E-state index in [4.69, 9.17) is 10.8 Å². The topological polar surface area (TPSA) is 118 Å². The summed E-state index contributed by atoms with van der Waals surface area (Å²) in [4.78, 5) is 20.4. The molecular formula is C9H11N3O4. The zero-order chi connectivity index (χ0) is 12.3. The van der Waals surface area contributed by atoms with Gasteiger partial charge in [0.05, 0.1) is 11.0 Å². The lowest BCUT2D eigenvalue weighted by molar-refractivity contribution is -0.384. The number of nitrogens with one attached hydrogen (secondary N) is 1. The second-order valence-corrected chi connectivity index (χ2v) is 3.25. The van der Waals surface area contributed by atoms with Crippen LogP contribution in [0, 0.1) is 10.1 Å². The van der Waals surface area contributed by atoms with Crippen LogP contribution < -0.4 is 11.1 Å². The maximum atomic E-state index is 10.6. The van der Waals surface area contributed by atoms with Gasteiger partial charge in [0.1, 0.15) is 5.69 Å². The molecule has 16 heavy (non-hydrogen) atoms. The van der Waals surface area contributed by atoms with Crippen molar-refractivity contribution in [2.75, 3.05) is 5.73 Å². The third-order valence-corrected chi connectivity index (χ3v) is 2.09. The van der Waals surface area contributed by atoms with Gasteiger partial charge in [-0.3, -0.25) is 10.1 Å². The summed E-state index contributed by atoms with van der Waals surface area (Å²) >= 11 is 0. The van der Waals surface area contributed by atoms with Crippen molar-refractivity contribution >= 4 is 17.5 Å². The highest BCUT2D eigenvalue weighted by Gasteiger charge is 2.15. The normalized spacial score (nSPS) is 11.8. The molecule has 4 N–H and O–H groups in total. The van der Waals surface area contributed by atoms with Gasteiger partial charge in [0, 0.05) is 6.07 Å². The first-order chi connectivity index (χ1) is 7.41. The third kappa shape index (κ3) is 2.59. The van der Waals surface area contributed by atoms with Gasteiger partial charge < -0.3 is 16.2 Å². The van der Waals surface area contributed by atoms with E-state index in [1.54, 1.807) is 13.0 Å². The molecule has 1 aromatic rings. The fourth-order valence-electron chi connectivity index (χ4n) is 1.26. The molecule has 86 valence electrons. The van der Waals surface area contributed by atoms with Crippen LogP contribution in [0.5, 0.6) is 0 Å². The van der Waals surface area contributed by atoms with Crippen molar-refractivity contribution in [3.05, 3.63) is 33.9 Å². The lowest BCUT2D eigenvalue weighted by Gasteiger charge is -2.11. The summed E-state index contributed by atoms with van der Waals surface area (Å²) in [6.07, 6.45) is -1.19. The minimum Gasteiger partial charge on any atom is -0.465 e. The SMILES string of the molecule is CC(NC(=O)O)c1ccc(N)c([N+](=O)[O-])c1. The number of nitrogens with two attached hydrogens (primary N) is 1. The quantitative estimate of drug-likeness (QED) is 0.409. The van der Waals surface area contributed by atoms with E-state index in [0.717, 1.165) is 0 Å². The third-order valence-electron chi connectivity index (χ3n) is 2.09. The van der Waals surface area contributed by atoms with E-state index < -0.39 is 17.1 Å². The van der Waals surface area contributed by atoms with Crippen LogP contribution in [0.3, 0.4) is 0 Å². The number of hydrogen-bond donors (Lipinski definition) is 3. The van der Waals surface area contributed by atoms with Crippen LogP contribution in [0.15, 0.2) is 18.2 Å². The predicted molar refractivity (Wildman–Crippen MR) is 57.1 cm³/mol. The van der Waals surface area contributed by atoms with E-state index >= 15 is 0 Å². The molecular weight excluding hydrogens is 214 g/mol. The molecule has 0 aliphatic carbocycles. The lowest BCUT2D eigenvalue weighted by atomic mass is 10.1. The van der Waals surface area contributed by atoms with E-state index in [9.17, 15) is 14.9 Å². The van der Waals surface area contributed by atoms with Crippen LogP contribution in [0.4, 0.5) is 16.2 Å². The van der Waals surface area contributed by atoms with Crippen LogP contribution in [0.1, 0.15) is 18.5 Å². The number of nitro groups is 1. The Labute approximate surface area is 91.0 Å². The summed E-state index contributed by atoms with van der Waals surface area (Å²) in [7, 11) is 0. The van der Waals surface area contributed by atoms with E-state index in [1.807, 2.05) is 0 Å². The number of hydrogen-bond acceptors (Lipinski definition) is 4. The Morgan fingerprint density at radius 2 is 2.25 bits per heavy atom. The van der Waals surface area contributed by atoms with Crippen molar-refractivity contribution in [2.24, 2.45) is 0 Å². The van der Waals surface area contributed by atoms with Gasteiger partial charge >= 0.3 is 6.09 Å². The second kappa shape index (κ2) is 4.47. The van der Waals surface area contributed by atoms with E-state index in [-0.39, 0.29) is 11.4 Å². The number of carboxylic acid groups (broad SMARTS) is 1. The van der Waals surface area contributed by atoms with Gasteiger partial charge in [-0.15, -0.1) is 0 Å². The molecule has 0 saturated carbocycles. The van der Waals surface area contributed by atoms with E-state index in [2.05, 4.69) is 5.32 Å². The van der Waals surface area contributed by atoms with Gasteiger partial charge in [0.2, 0.25) is 0 Å². The highest BCUT2D eigenvalue weighted by Crippen LogP contribution is 2.25. The molecule has 0 aliphatic heterocycles. The summed E-state index contributed by atoms with van der Waals surface area (Å²) in [5.74, 6) is 0. The number of nitrogens with zero attached hydrogens (tertiary/aromatic N) is 1. The number of amides is 1. The first-order valence-corrected chi connectivity index (χ1v) is 4.45. The molecule has 0 radical (unpaired) electrons. The second-order valence-electron chi connectivity index (χ2n) is 3.25. The zero-order valence-corrected chi connectivity index (χ0v) is 8.51. The fraction of sp³-hybridized carbons (Fsp3) is 0.222. The number of anilines is 1. The maximum Gasteiger partial charge on any atom is 0.405 e. The molecule has 1 rings (SSSR count). The maximum absolute atomic E-state index is 10.6.